The molecule has 0 aliphatic carbocycles. The first kappa shape index (κ1) is 16.2. The van der Waals surface area contributed by atoms with Gasteiger partial charge in [0.15, 0.2) is 0 Å². The van der Waals surface area contributed by atoms with E-state index in [0.717, 1.165) is 13.0 Å². The monoisotopic (exact) mass is 261 g/mol. The van der Waals surface area contributed by atoms with Crippen LogP contribution in [-0.4, -0.2) is 12.6 Å². The van der Waals surface area contributed by atoms with Gasteiger partial charge in [0.05, 0.1) is 0 Å². The van der Waals surface area contributed by atoms with Crippen molar-refractivity contribution in [1.82, 2.24) is 5.32 Å². The first-order valence-corrected chi connectivity index (χ1v) is 7.70. The number of benzene rings is 1. The Morgan fingerprint density at radius 1 is 1.16 bits per heavy atom. The minimum atomic E-state index is 0.339. The van der Waals surface area contributed by atoms with E-state index >= 15 is 0 Å². The van der Waals surface area contributed by atoms with Crippen molar-refractivity contribution in [3.8, 4) is 0 Å². The molecule has 1 aromatic rings. The van der Waals surface area contributed by atoms with Gasteiger partial charge in [0.2, 0.25) is 0 Å². The summed E-state index contributed by atoms with van der Waals surface area (Å²) in [5, 5.41) is 3.76. The third kappa shape index (κ3) is 4.65. The van der Waals surface area contributed by atoms with Crippen molar-refractivity contribution in [1.29, 1.82) is 0 Å². The highest BCUT2D eigenvalue weighted by molar-refractivity contribution is 5.31. The molecule has 1 atom stereocenters. The van der Waals surface area contributed by atoms with Gasteiger partial charge < -0.3 is 5.32 Å². The minimum absolute atomic E-state index is 0.339. The number of hydrogen-bond donors (Lipinski definition) is 1. The molecule has 0 spiro atoms. The maximum Gasteiger partial charge on any atom is 0.0159 e. The van der Waals surface area contributed by atoms with Crippen LogP contribution in [0.5, 0.6) is 0 Å². The van der Waals surface area contributed by atoms with E-state index in [1.165, 1.54) is 29.5 Å². The van der Waals surface area contributed by atoms with Gasteiger partial charge in [-0.05, 0) is 56.2 Å². The minimum Gasteiger partial charge on any atom is -0.313 e. The Hall–Kier alpha value is -0.820. The highest BCUT2D eigenvalue weighted by atomic mass is 14.9. The molecule has 0 amide bonds. The Bertz CT molecular complexity index is 393. The van der Waals surface area contributed by atoms with Crippen LogP contribution in [0.1, 0.15) is 57.2 Å². The molecule has 0 bridgehead atoms. The van der Waals surface area contributed by atoms with Gasteiger partial charge in [-0.15, -0.1) is 0 Å². The quantitative estimate of drug-likeness (QED) is 0.753. The van der Waals surface area contributed by atoms with Gasteiger partial charge in [-0.25, -0.2) is 0 Å². The molecular weight excluding hydrogens is 230 g/mol. The maximum absolute atomic E-state index is 3.76. The Kier molecular flexibility index (Phi) is 6.06. The van der Waals surface area contributed by atoms with Crippen LogP contribution in [0.15, 0.2) is 18.2 Å². The fourth-order valence-electron chi connectivity index (χ4n) is 2.43. The molecular formula is C18H31N. The lowest BCUT2D eigenvalue weighted by Crippen LogP contribution is -2.43. The molecule has 108 valence electrons. The molecule has 0 heterocycles. The number of aryl methyl sites for hydroxylation is 2. The molecule has 1 unspecified atom stereocenters. The summed E-state index contributed by atoms with van der Waals surface area (Å²) in [7, 11) is 0. The van der Waals surface area contributed by atoms with Crippen LogP contribution in [-0.2, 0) is 6.42 Å². The topological polar surface area (TPSA) is 12.0 Å². The lowest BCUT2D eigenvalue weighted by atomic mass is 9.78. The van der Waals surface area contributed by atoms with E-state index in [-0.39, 0.29) is 0 Å². The van der Waals surface area contributed by atoms with Crippen molar-refractivity contribution < 1.29 is 0 Å². The Morgan fingerprint density at radius 3 is 2.42 bits per heavy atom. The largest absolute Gasteiger partial charge is 0.313 e. The fourth-order valence-corrected chi connectivity index (χ4v) is 2.43. The van der Waals surface area contributed by atoms with Crippen LogP contribution >= 0.6 is 0 Å². The molecule has 0 saturated heterocycles. The van der Waals surface area contributed by atoms with Gasteiger partial charge in [0.1, 0.15) is 0 Å². The summed E-state index contributed by atoms with van der Waals surface area (Å²) in [5.41, 5.74) is 4.62. The van der Waals surface area contributed by atoms with Gasteiger partial charge in [-0.3, -0.25) is 0 Å². The van der Waals surface area contributed by atoms with E-state index in [9.17, 15) is 0 Å². The van der Waals surface area contributed by atoms with E-state index in [4.69, 9.17) is 0 Å². The third-order valence-corrected chi connectivity index (χ3v) is 4.42. The normalized spacial score (nSPS) is 13.6. The lowest BCUT2D eigenvalue weighted by Gasteiger charge is -2.35. The van der Waals surface area contributed by atoms with Gasteiger partial charge in [0, 0.05) is 6.04 Å². The molecule has 0 aliphatic rings. The zero-order valence-corrected chi connectivity index (χ0v) is 13.6. The van der Waals surface area contributed by atoms with Crippen LogP contribution in [0.2, 0.25) is 0 Å². The maximum atomic E-state index is 3.76. The summed E-state index contributed by atoms with van der Waals surface area (Å²) in [6, 6.07) is 7.36. The molecule has 1 N–H and O–H groups in total. The van der Waals surface area contributed by atoms with Crippen LogP contribution in [0.3, 0.4) is 0 Å². The van der Waals surface area contributed by atoms with Crippen molar-refractivity contribution >= 4 is 0 Å². The molecule has 0 aromatic heterocycles. The molecule has 0 radical (unpaired) electrons. The van der Waals surface area contributed by atoms with Crippen molar-refractivity contribution in [2.75, 3.05) is 6.54 Å². The summed E-state index contributed by atoms with van der Waals surface area (Å²) >= 11 is 0. The van der Waals surface area contributed by atoms with Gasteiger partial charge in [0.25, 0.3) is 0 Å². The Balaban J connectivity index is 2.90. The standard InChI is InChI=1S/C18H31N/c1-7-11-19-17(18(5,6)8-2)13-16-12-14(3)9-10-15(16)4/h9-10,12,17,19H,7-8,11,13H2,1-6H3. The summed E-state index contributed by atoms with van der Waals surface area (Å²) < 4.78 is 0. The number of nitrogens with one attached hydrogen (secondary N) is 1. The first-order valence-electron chi connectivity index (χ1n) is 7.70. The highest BCUT2D eigenvalue weighted by Crippen LogP contribution is 2.28. The molecule has 0 aliphatic heterocycles. The zero-order chi connectivity index (χ0) is 14.5. The van der Waals surface area contributed by atoms with Crippen molar-refractivity contribution in [3.63, 3.8) is 0 Å². The number of hydrogen-bond acceptors (Lipinski definition) is 1. The SMILES string of the molecule is CCCNC(Cc1cc(C)ccc1C)C(C)(C)CC. The molecule has 0 fully saturated rings. The highest BCUT2D eigenvalue weighted by Gasteiger charge is 2.27. The summed E-state index contributed by atoms with van der Waals surface area (Å²) in [6.45, 7) is 14.8. The molecule has 19 heavy (non-hydrogen) atoms. The van der Waals surface area contributed by atoms with E-state index < -0.39 is 0 Å². The van der Waals surface area contributed by atoms with Crippen LogP contribution in [0.4, 0.5) is 0 Å². The average Bonchev–Trinajstić information content (AvgIpc) is 2.38. The van der Waals surface area contributed by atoms with Crippen LogP contribution < -0.4 is 5.32 Å². The van der Waals surface area contributed by atoms with E-state index in [2.05, 4.69) is 65.1 Å². The van der Waals surface area contributed by atoms with E-state index in [1.807, 2.05) is 0 Å². The van der Waals surface area contributed by atoms with E-state index in [1.54, 1.807) is 0 Å². The Morgan fingerprint density at radius 2 is 1.84 bits per heavy atom. The van der Waals surface area contributed by atoms with Crippen molar-refractivity contribution in [3.05, 3.63) is 34.9 Å². The molecule has 1 rings (SSSR count). The Labute approximate surface area is 119 Å². The first-order chi connectivity index (χ1) is 8.90. The van der Waals surface area contributed by atoms with Crippen molar-refractivity contribution in [2.24, 2.45) is 5.41 Å². The summed E-state index contributed by atoms with van der Waals surface area (Å²) in [4.78, 5) is 0. The lowest BCUT2D eigenvalue weighted by molar-refractivity contribution is 0.230. The molecule has 1 heteroatoms. The second-order valence-electron chi connectivity index (χ2n) is 6.48. The van der Waals surface area contributed by atoms with E-state index in [0.29, 0.717) is 11.5 Å². The van der Waals surface area contributed by atoms with Gasteiger partial charge in [-0.2, -0.15) is 0 Å². The zero-order valence-electron chi connectivity index (χ0n) is 13.6. The second kappa shape index (κ2) is 7.09. The van der Waals surface area contributed by atoms with Crippen LogP contribution in [0.25, 0.3) is 0 Å². The molecule has 1 aromatic carbocycles. The predicted molar refractivity (Wildman–Crippen MR) is 85.8 cm³/mol. The molecule has 1 nitrogen and oxygen atoms in total. The van der Waals surface area contributed by atoms with Gasteiger partial charge in [-0.1, -0.05) is 51.5 Å². The number of rotatable bonds is 7. The van der Waals surface area contributed by atoms with Gasteiger partial charge >= 0.3 is 0 Å². The average molecular weight is 261 g/mol. The summed E-state index contributed by atoms with van der Waals surface area (Å²) in [5.74, 6) is 0. The van der Waals surface area contributed by atoms with Crippen LogP contribution in [0, 0.1) is 19.3 Å². The predicted octanol–water partition coefficient (Wildman–Crippen LogP) is 4.65. The second-order valence-corrected chi connectivity index (χ2v) is 6.48. The van der Waals surface area contributed by atoms with Crippen molar-refractivity contribution in [2.45, 2.75) is 66.8 Å². The smallest absolute Gasteiger partial charge is 0.0159 e. The fraction of sp³-hybridized carbons (Fsp3) is 0.667. The third-order valence-electron chi connectivity index (χ3n) is 4.42. The summed E-state index contributed by atoms with van der Waals surface area (Å²) in [6.07, 6.45) is 3.54. The molecule has 0 saturated carbocycles.